The van der Waals surface area contributed by atoms with Gasteiger partial charge in [0.1, 0.15) is 5.01 Å². The Morgan fingerprint density at radius 3 is 2.43 bits per heavy atom. The number of methoxy groups -OCH3 is 1. The first-order valence-electron chi connectivity index (χ1n) is 15.1. The van der Waals surface area contributed by atoms with Crippen molar-refractivity contribution in [1.29, 1.82) is 0 Å². The van der Waals surface area contributed by atoms with E-state index in [2.05, 4.69) is 55.4 Å². The van der Waals surface area contributed by atoms with E-state index in [0.29, 0.717) is 28.0 Å². The van der Waals surface area contributed by atoms with Crippen molar-refractivity contribution in [2.24, 2.45) is 5.92 Å². The molecule has 12 nitrogen and oxygen atoms in total. The fourth-order valence-corrected chi connectivity index (χ4v) is 6.33. The number of carbonyl (C=O) groups is 3. The number of amides is 3. The number of benzene rings is 1. The average Bonchev–Trinajstić information content (AvgIpc) is 3.75. The van der Waals surface area contributed by atoms with Crippen molar-refractivity contribution in [3.05, 3.63) is 41.0 Å². The third kappa shape index (κ3) is 8.67. The number of hydrogen-bond acceptors (Lipinski definition) is 10. The Labute approximate surface area is 276 Å². The van der Waals surface area contributed by atoms with E-state index in [1.165, 1.54) is 24.5 Å². The monoisotopic (exact) mass is 636 g/mol. The van der Waals surface area contributed by atoms with Gasteiger partial charge in [0.25, 0.3) is 5.91 Å². The van der Waals surface area contributed by atoms with Crippen LogP contribution in [-0.4, -0.2) is 99.9 Å². The van der Waals surface area contributed by atoms with Crippen LogP contribution in [0.1, 0.15) is 53.9 Å². The fourth-order valence-electron chi connectivity index (χ4n) is 5.40. The van der Waals surface area contributed by atoms with Gasteiger partial charge in [-0.1, -0.05) is 11.3 Å². The first-order valence-corrected chi connectivity index (χ1v) is 15.9. The summed E-state index contributed by atoms with van der Waals surface area (Å²) in [6, 6.07) is 7.63. The Hall–Kier alpha value is -3.91. The third-order valence-corrected chi connectivity index (χ3v) is 8.97. The summed E-state index contributed by atoms with van der Waals surface area (Å²) >= 11 is 1.40. The standard InChI is InChI=1S/C30H35B3N8O4S/c1-41(2)18-11-9-17(10-12-18)35-24(42)13-19-15-34-29(46-19)20-5-4-6-21(26(20)45-3)36-22-14-23(37-27(43)16-7-8-16)39-40-25(22)28(44)38-30(31,32)33/h4-6,14-18H,7-13H2,1-3H3,(H,35,42)(H,38,44)(H2,36,37,39,43). The maximum absolute atomic E-state index is 13.0. The van der Waals surface area contributed by atoms with E-state index in [4.69, 9.17) is 28.3 Å². The smallest absolute Gasteiger partial charge is 0.272 e. The molecule has 234 valence electrons. The number of carbonyl (C=O) groups excluding carboxylic acids is 3. The van der Waals surface area contributed by atoms with Crippen molar-refractivity contribution in [3.63, 3.8) is 0 Å². The molecule has 5 rings (SSSR count). The zero-order valence-electron chi connectivity index (χ0n) is 26.1. The van der Waals surface area contributed by atoms with Crippen LogP contribution in [0.3, 0.4) is 0 Å². The predicted molar refractivity (Wildman–Crippen MR) is 180 cm³/mol. The van der Waals surface area contributed by atoms with Crippen molar-refractivity contribution in [2.45, 2.75) is 62.3 Å². The zero-order chi connectivity index (χ0) is 33.0. The number of aromatic nitrogens is 3. The molecule has 0 unspecified atom stereocenters. The number of anilines is 3. The molecule has 4 N–H and O–H groups in total. The molecule has 1 aromatic carbocycles. The second kappa shape index (κ2) is 14.2. The van der Waals surface area contributed by atoms with Gasteiger partial charge in [0, 0.05) is 35.1 Å². The normalized spacial score (nSPS) is 18.1. The van der Waals surface area contributed by atoms with Crippen LogP contribution >= 0.6 is 11.3 Å². The van der Waals surface area contributed by atoms with Crippen LogP contribution < -0.4 is 26.0 Å². The van der Waals surface area contributed by atoms with E-state index in [1.807, 2.05) is 6.07 Å². The van der Waals surface area contributed by atoms with Gasteiger partial charge in [-0.25, -0.2) is 4.98 Å². The summed E-state index contributed by atoms with van der Waals surface area (Å²) in [6.45, 7) is 0. The Morgan fingerprint density at radius 1 is 1.04 bits per heavy atom. The van der Waals surface area contributed by atoms with Gasteiger partial charge in [0.15, 0.2) is 17.3 Å². The molecule has 46 heavy (non-hydrogen) atoms. The summed E-state index contributed by atoms with van der Waals surface area (Å²) in [5.74, 6) is -0.467. The topological polar surface area (TPSA) is 150 Å². The summed E-state index contributed by atoms with van der Waals surface area (Å²) < 4.78 is 5.79. The fraction of sp³-hybridized carbons (Fsp3) is 0.467. The van der Waals surface area contributed by atoms with Crippen LogP contribution in [0.4, 0.5) is 17.2 Å². The molecule has 2 fully saturated rings. The molecule has 6 radical (unpaired) electrons. The predicted octanol–water partition coefficient (Wildman–Crippen LogP) is 2.08. The van der Waals surface area contributed by atoms with Crippen LogP contribution in [0.2, 0.25) is 0 Å². The molecule has 0 saturated heterocycles. The summed E-state index contributed by atoms with van der Waals surface area (Å²) in [6.07, 6.45) is 7.62. The van der Waals surface area contributed by atoms with Gasteiger partial charge in [-0.05, 0) is 64.8 Å². The van der Waals surface area contributed by atoms with E-state index in [0.717, 1.165) is 43.4 Å². The maximum Gasteiger partial charge on any atom is 0.272 e. The minimum Gasteiger partial charge on any atom is -0.494 e. The molecule has 2 heterocycles. The Morgan fingerprint density at radius 2 is 1.78 bits per heavy atom. The van der Waals surface area contributed by atoms with Crippen LogP contribution in [0.25, 0.3) is 10.6 Å². The molecule has 2 aromatic heterocycles. The summed E-state index contributed by atoms with van der Waals surface area (Å²) in [5, 5.41) is 18.0. The average molecular weight is 636 g/mol. The van der Waals surface area contributed by atoms with Crippen LogP contribution in [-0.2, 0) is 16.0 Å². The Kier molecular flexibility index (Phi) is 10.4. The second-order valence-corrected chi connectivity index (χ2v) is 13.1. The van der Waals surface area contributed by atoms with Gasteiger partial charge < -0.3 is 30.9 Å². The number of thiazole rings is 1. The highest BCUT2D eigenvalue weighted by molar-refractivity contribution is 7.15. The van der Waals surface area contributed by atoms with Crippen molar-refractivity contribution in [3.8, 4) is 16.3 Å². The van der Waals surface area contributed by atoms with Gasteiger partial charge in [0.2, 0.25) is 11.8 Å². The molecule has 2 saturated carbocycles. The molecule has 3 aromatic rings. The van der Waals surface area contributed by atoms with E-state index in [9.17, 15) is 14.4 Å². The first kappa shape index (κ1) is 33.5. The molecular weight excluding hydrogens is 601 g/mol. The van der Waals surface area contributed by atoms with E-state index >= 15 is 0 Å². The lowest BCUT2D eigenvalue weighted by molar-refractivity contribution is -0.121. The molecule has 0 bridgehead atoms. The van der Waals surface area contributed by atoms with Crippen molar-refractivity contribution >= 4 is 69.8 Å². The Bertz CT molecular complexity index is 1590. The number of hydrogen-bond donors (Lipinski definition) is 4. The molecule has 2 aliphatic rings. The van der Waals surface area contributed by atoms with E-state index in [-0.39, 0.29) is 47.4 Å². The lowest BCUT2D eigenvalue weighted by Crippen LogP contribution is -2.50. The van der Waals surface area contributed by atoms with Crippen LogP contribution in [0.15, 0.2) is 30.5 Å². The highest BCUT2D eigenvalue weighted by atomic mass is 32.1. The molecule has 0 spiro atoms. The molecule has 3 amide bonds. The van der Waals surface area contributed by atoms with Gasteiger partial charge >= 0.3 is 0 Å². The van der Waals surface area contributed by atoms with Gasteiger partial charge in [-0.15, -0.1) is 21.5 Å². The second-order valence-electron chi connectivity index (χ2n) is 12.0. The van der Waals surface area contributed by atoms with E-state index < -0.39 is 11.1 Å². The number of para-hydroxylation sites is 1. The molecule has 2 aliphatic carbocycles. The third-order valence-electron chi connectivity index (χ3n) is 7.94. The first-order chi connectivity index (χ1) is 21.9. The largest absolute Gasteiger partial charge is 0.494 e. The van der Waals surface area contributed by atoms with Gasteiger partial charge in [-0.2, -0.15) is 0 Å². The lowest BCUT2D eigenvalue weighted by atomic mass is 9.49. The van der Waals surface area contributed by atoms with Crippen molar-refractivity contribution in [1.82, 2.24) is 30.7 Å². The maximum atomic E-state index is 13.0. The highest BCUT2D eigenvalue weighted by Crippen LogP contribution is 2.40. The SMILES string of the molecule is [B]C([B])([B])NC(=O)c1nnc(NC(=O)C2CC2)cc1Nc1cccc(-c2ncc(CC(=O)NC3CCC(N(C)C)CC3)s2)c1OC. The molecule has 0 aliphatic heterocycles. The number of nitrogens with one attached hydrogen (secondary N) is 4. The number of rotatable bonds is 12. The number of ether oxygens (including phenoxy) is 1. The summed E-state index contributed by atoms with van der Waals surface area (Å²) in [4.78, 5) is 45.8. The lowest BCUT2D eigenvalue weighted by Gasteiger charge is -2.32. The van der Waals surface area contributed by atoms with Gasteiger partial charge in [0.05, 0.1) is 54.0 Å². The van der Waals surface area contributed by atoms with E-state index in [1.54, 1.807) is 18.3 Å². The van der Waals surface area contributed by atoms with Crippen molar-refractivity contribution < 1.29 is 19.1 Å². The molecular formula is C30H35B3N8O4S. The Balaban J connectivity index is 1.34. The van der Waals surface area contributed by atoms with Crippen molar-refractivity contribution in [2.75, 3.05) is 31.8 Å². The minimum atomic E-state index is -2.00. The zero-order valence-corrected chi connectivity index (χ0v) is 26.9. The highest BCUT2D eigenvalue weighted by Gasteiger charge is 2.30. The van der Waals surface area contributed by atoms with Crippen LogP contribution in [0, 0.1) is 5.92 Å². The summed E-state index contributed by atoms with van der Waals surface area (Å²) in [7, 11) is 22.5. The molecule has 16 heteroatoms. The van der Waals surface area contributed by atoms with Gasteiger partial charge in [-0.3, -0.25) is 14.4 Å². The number of nitrogens with zero attached hydrogens (tertiary/aromatic N) is 4. The molecule has 0 atom stereocenters. The quantitative estimate of drug-likeness (QED) is 0.219. The van der Waals surface area contributed by atoms with Crippen LogP contribution in [0.5, 0.6) is 5.75 Å². The minimum absolute atomic E-state index is 0.0251. The summed E-state index contributed by atoms with van der Waals surface area (Å²) in [5.41, 5.74) is 1.17.